The van der Waals surface area contributed by atoms with Crippen LogP contribution in [0.25, 0.3) is 21.3 Å². The number of carbonyl (C=O) groups excluding carboxylic acids is 1. The van der Waals surface area contributed by atoms with E-state index in [0.717, 1.165) is 41.9 Å². The van der Waals surface area contributed by atoms with Crippen LogP contribution < -0.4 is 5.56 Å². The number of aryl methyl sites for hydroxylation is 2. The molecule has 0 aliphatic carbocycles. The third-order valence-corrected chi connectivity index (χ3v) is 7.01. The van der Waals surface area contributed by atoms with E-state index in [1.165, 1.54) is 16.9 Å². The van der Waals surface area contributed by atoms with E-state index in [1.807, 2.05) is 48.5 Å². The van der Waals surface area contributed by atoms with Gasteiger partial charge in [-0.1, -0.05) is 29.8 Å². The highest BCUT2D eigenvalue weighted by atomic mass is 32.1. The van der Waals surface area contributed by atoms with Gasteiger partial charge in [-0.2, -0.15) is 0 Å². The van der Waals surface area contributed by atoms with Crippen molar-refractivity contribution in [1.29, 1.82) is 0 Å². The van der Waals surface area contributed by atoms with Crippen LogP contribution in [0.15, 0.2) is 40.8 Å². The van der Waals surface area contributed by atoms with Crippen molar-refractivity contribution >= 4 is 27.5 Å². The molecule has 158 valence electrons. The standard InChI is InChI=1S/C23H28N4O2S/c1-16-4-6-17(7-5-16)19-14-30-22-21(19)23(29)27(15-24-22)13-10-20(28)26(3)18-8-11-25(2)12-9-18/h4-7,14-15,18H,8-13H2,1-3H3. The summed E-state index contributed by atoms with van der Waals surface area (Å²) < 4.78 is 1.58. The summed E-state index contributed by atoms with van der Waals surface area (Å²) in [5, 5.41) is 2.63. The highest BCUT2D eigenvalue weighted by Crippen LogP contribution is 2.30. The van der Waals surface area contributed by atoms with Gasteiger partial charge in [0.05, 0.1) is 11.7 Å². The van der Waals surface area contributed by atoms with Gasteiger partial charge in [-0.05, 0) is 45.5 Å². The molecule has 1 aliphatic heterocycles. The second-order valence-electron chi connectivity index (χ2n) is 8.23. The Hall–Kier alpha value is -2.51. The molecule has 0 saturated carbocycles. The molecule has 0 N–H and O–H groups in total. The fourth-order valence-corrected chi connectivity index (χ4v) is 4.96. The molecule has 0 radical (unpaired) electrons. The minimum Gasteiger partial charge on any atom is -0.343 e. The number of nitrogens with zero attached hydrogens (tertiary/aromatic N) is 4. The zero-order valence-corrected chi connectivity index (χ0v) is 18.6. The number of benzene rings is 1. The van der Waals surface area contributed by atoms with Gasteiger partial charge in [0.25, 0.3) is 5.56 Å². The Balaban J connectivity index is 1.51. The van der Waals surface area contributed by atoms with Crippen molar-refractivity contribution in [2.75, 3.05) is 27.2 Å². The van der Waals surface area contributed by atoms with Crippen molar-refractivity contribution < 1.29 is 4.79 Å². The minimum atomic E-state index is -0.0773. The van der Waals surface area contributed by atoms with Gasteiger partial charge in [-0.15, -0.1) is 11.3 Å². The fourth-order valence-electron chi connectivity index (χ4n) is 4.05. The zero-order valence-electron chi connectivity index (χ0n) is 17.8. The van der Waals surface area contributed by atoms with Crippen LogP contribution in [0.4, 0.5) is 0 Å². The Kier molecular flexibility index (Phi) is 6.01. The van der Waals surface area contributed by atoms with E-state index in [4.69, 9.17) is 0 Å². The number of hydrogen-bond acceptors (Lipinski definition) is 5. The summed E-state index contributed by atoms with van der Waals surface area (Å²) in [6, 6.07) is 8.45. The smallest absolute Gasteiger partial charge is 0.262 e. The van der Waals surface area contributed by atoms with Crippen LogP contribution in [0.1, 0.15) is 24.8 Å². The predicted molar refractivity (Wildman–Crippen MR) is 122 cm³/mol. The number of rotatable bonds is 5. The minimum absolute atomic E-state index is 0.0773. The highest BCUT2D eigenvalue weighted by Gasteiger charge is 2.24. The third-order valence-electron chi connectivity index (χ3n) is 6.12. The normalized spacial score (nSPS) is 15.6. The molecule has 1 aromatic carbocycles. The van der Waals surface area contributed by atoms with Crippen molar-refractivity contribution in [1.82, 2.24) is 19.4 Å². The van der Waals surface area contributed by atoms with Gasteiger partial charge in [-0.3, -0.25) is 14.2 Å². The Morgan fingerprint density at radius 1 is 1.23 bits per heavy atom. The number of aromatic nitrogens is 2. The Morgan fingerprint density at radius 2 is 1.93 bits per heavy atom. The maximum Gasteiger partial charge on any atom is 0.262 e. The summed E-state index contributed by atoms with van der Waals surface area (Å²) in [5.74, 6) is 0.0839. The Morgan fingerprint density at radius 3 is 2.63 bits per heavy atom. The molecule has 7 heteroatoms. The topological polar surface area (TPSA) is 58.4 Å². The number of piperidine rings is 1. The van der Waals surface area contributed by atoms with E-state index in [9.17, 15) is 9.59 Å². The molecule has 3 aromatic rings. The summed E-state index contributed by atoms with van der Waals surface area (Å²) in [5.41, 5.74) is 3.03. The van der Waals surface area contributed by atoms with E-state index < -0.39 is 0 Å². The maximum absolute atomic E-state index is 13.2. The first kappa shape index (κ1) is 20.8. The van der Waals surface area contributed by atoms with Crippen LogP contribution in [0.3, 0.4) is 0 Å². The molecule has 0 spiro atoms. The van der Waals surface area contributed by atoms with Crippen LogP contribution in [0, 0.1) is 6.92 Å². The molecular formula is C23H28N4O2S. The van der Waals surface area contributed by atoms with Gasteiger partial charge in [0.15, 0.2) is 0 Å². The molecular weight excluding hydrogens is 396 g/mol. The number of carbonyl (C=O) groups is 1. The average molecular weight is 425 g/mol. The highest BCUT2D eigenvalue weighted by molar-refractivity contribution is 7.17. The van der Waals surface area contributed by atoms with Crippen molar-refractivity contribution in [3.05, 3.63) is 51.9 Å². The molecule has 1 aliphatic rings. The summed E-state index contributed by atoms with van der Waals surface area (Å²) in [6.45, 7) is 4.43. The first-order valence-corrected chi connectivity index (χ1v) is 11.3. The van der Waals surface area contributed by atoms with Gasteiger partial charge < -0.3 is 9.80 Å². The van der Waals surface area contributed by atoms with Gasteiger partial charge in [0.1, 0.15) is 4.83 Å². The van der Waals surface area contributed by atoms with E-state index in [1.54, 1.807) is 10.9 Å². The fraction of sp³-hybridized carbons (Fsp3) is 0.435. The largest absolute Gasteiger partial charge is 0.343 e. The van der Waals surface area contributed by atoms with Crippen LogP contribution in [-0.4, -0.2) is 58.5 Å². The first-order chi connectivity index (χ1) is 14.4. The lowest BCUT2D eigenvalue weighted by Gasteiger charge is -2.35. The molecule has 3 heterocycles. The van der Waals surface area contributed by atoms with Crippen LogP contribution in [-0.2, 0) is 11.3 Å². The second-order valence-corrected chi connectivity index (χ2v) is 9.09. The molecule has 0 atom stereocenters. The van der Waals surface area contributed by atoms with E-state index >= 15 is 0 Å². The molecule has 0 bridgehead atoms. The van der Waals surface area contributed by atoms with Crippen LogP contribution in [0.2, 0.25) is 0 Å². The number of hydrogen-bond donors (Lipinski definition) is 0. The SMILES string of the molecule is Cc1ccc(-c2csc3ncn(CCC(=O)N(C)C4CCN(C)CC4)c(=O)c23)cc1. The van der Waals surface area contributed by atoms with E-state index in [0.29, 0.717) is 18.4 Å². The van der Waals surface area contributed by atoms with Crippen LogP contribution >= 0.6 is 11.3 Å². The zero-order chi connectivity index (χ0) is 21.3. The lowest BCUT2D eigenvalue weighted by molar-refractivity contribution is -0.133. The number of amides is 1. The quantitative estimate of drug-likeness (QED) is 0.630. The average Bonchev–Trinajstić information content (AvgIpc) is 3.18. The summed E-state index contributed by atoms with van der Waals surface area (Å²) in [7, 11) is 4.00. The van der Waals surface area contributed by atoms with Gasteiger partial charge in [0.2, 0.25) is 5.91 Å². The molecule has 1 saturated heterocycles. The lowest BCUT2D eigenvalue weighted by Crippen LogP contribution is -2.44. The van der Waals surface area contributed by atoms with Gasteiger partial charge in [-0.25, -0.2) is 4.98 Å². The first-order valence-electron chi connectivity index (χ1n) is 10.4. The molecule has 4 rings (SSSR count). The number of likely N-dealkylation sites (tertiary alicyclic amines) is 1. The van der Waals surface area contributed by atoms with E-state index in [-0.39, 0.29) is 17.5 Å². The molecule has 30 heavy (non-hydrogen) atoms. The Labute approximate surface area is 180 Å². The molecule has 0 unspecified atom stereocenters. The summed E-state index contributed by atoms with van der Waals surface area (Å²) in [6.07, 6.45) is 3.88. The number of thiophene rings is 1. The molecule has 6 nitrogen and oxygen atoms in total. The van der Waals surface area contributed by atoms with Gasteiger partial charge in [0, 0.05) is 37.0 Å². The van der Waals surface area contributed by atoms with Crippen molar-refractivity contribution in [3.63, 3.8) is 0 Å². The van der Waals surface area contributed by atoms with Crippen molar-refractivity contribution in [2.24, 2.45) is 0 Å². The summed E-state index contributed by atoms with van der Waals surface area (Å²) in [4.78, 5) is 35.3. The lowest BCUT2D eigenvalue weighted by atomic mass is 10.0. The van der Waals surface area contributed by atoms with Gasteiger partial charge >= 0.3 is 0 Å². The van der Waals surface area contributed by atoms with E-state index in [2.05, 4.69) is 16.9 Å². The summed E-state index contributed by atoms with van der Waals surface area (Å²) >= 11 is 1.48. The maximum atomic E-state index is 13.2. The second kappa shape index (κ2) is 8.70. The predicted octanol–water partition coefficient (Wildman–Crippen LogP) is 3.38. The third kappa shape index (κ3) is 4.18. The molecule has 1 fully saturated rings. The van der Waals surface area contributed by atoms with Crippen molar-refractivity contribution in [3.8, 4) is 11.1 Å². The van der Waals surface area contributed by atoms with Crippen LogP contribution in [0.5, 0.6) is 0 Å². The number of fused-ring (bicyclic) bond motifs is 1. The van der Waals surface area contributed by atoms with Crippen molar-refractivity contribution in [2.45, 2.75) is 38.8 Å². The monoisotopic (exact) mass is 424 g/mol. The Bertz CT molecular complexity index is 1090. The molecule has 2 aromatic heterocycles. The molecule has 1 amide bonds.